The fraction of sp³-hybridized carbons (Fsp3) is 0.111. The highest BCUT2D eigenvalue weighted by Crippen LogP contribution is 2.13. The molecule has 7 nitrogen and oxygen atoms in total. The highest BCUT2D eigenvalue weighted by molar-refractivity contribution is 5.94. The number of rotatable bonds is 7. The summed E-state index contributed by atoms with van der Waals surface area (Å²) >= 11 is 0. The first-order chi connectivity index (χ1) is 13.1. The number of anilines is 3. The van der Waals surface area contributed by atoms with E-state index in [1.165, 1.54) is 6.07 Å². The Hall–Kier alpha value is -3.62. The molecule has 27 heavy (non-hydrogen) atoms. The number of amides is 1. The summed E-state index contributed by atoms with van der Waals surface area (Å²) in [4.78, 5) is 15.8. The number of carbonyl (C=O) groups excluding carboxylic acids is 1. The zero-order chi connectivity index (χ0) is 19.1. The van der Waals surface area contributed by atoms with E-state index in [0.717, 1.165) is 17.8 Å². The fourth-order valence-corrected chi connectivity index (χ4v) is 2.25. The van der Waals surface area contributed by atoms with E-state index < -0.39 is 23.1 Å². The molecule has 3 N–H and O–H groups in total. The van der Waals surface area contributed by atoms with Gasteiger partial charge < -0.3 is 16.0 Å². The zero-order valence-corrected chi connectivity index (χ0v) is 14.1. The first-order valence-corrected chi connectivity index (χ1v) is 8.10. The third-order valence-corrected chi connectivity index (χ3v) is 3.50. The van der Waals surface area contributed by atoms with Crippen molar-refractivity contribution in [2.24, 2.45) is 0 Å². The Bertz CT molecular complexity index is 885. The molecule has 0 unspecified atom stereocenters. The average molecular weight is 370 g/mol. The van der Waals surface area contributed by atoms with Crippen molar-refractivity contribution >= 4 is 23.2 Å². The van der Waals surface area contributed by atoms with Crippen LogP contribution in [0.5, 0.6) is 0 Å². The third-order valence-electron chi connectivity index (χ3n) is 3.50. The van der Waals surface area contributed by atoms with Crippen molar-refractivity contribution in [2.45, 2.75) is 0 Å². The molecule has 3 rings (SSSR count). The van der Waals surface area contributed by atoms with Gasteiger partial charge in [0.15, 0.2) is 5.82 Å². The van der Waals surface area contributed by atoms with Gasteiger partial charge in [0.1, 0.15) is 23.0 Å². The van der Waals surface area contributed by atoms with Gasteiger partial charge in [-0.15, -0.1) is 10.2 Å². The largest absolute Gasteiger partial charge is 0.367 e. The summed E-state index contributed by atoms with van der Waals surface area (Å²) in [5.41, 5.74) is 0.193. The molecule has 2 aromatic heterocycles. The highest BCUT2D eigenvalue weighted by atomic mass is 19.1. The lowest BCUT2D eigenvalue weighted by atomic mass is 10.2. The van der Waals surface area contributed by atoms with Gasteiger partial charge in [0.05, 0.1) is 11.9 Å². The van der Waals surface area contributed by atoms with Crippen LogP contribution in [-0.4, -0.2) is 34.2 Å². The number of aromatic nitrogens is 3. The van der Waals surface area contributed by atoms with Crippen LogP contribution in [0.15, 0.2) is 54.9 Å². The standard InChI is InChI=1S/C18H16F2N6O/c19-13-4-1-5-14(20)17(13)18(27)23-10-9-22-15-6-7-16(26-25-15)24-12-3-2-8-21-11-12/h1-8,11H,9-10H2,(H,22,25)(H,23,27)(H,24,26). The molecule has 138 valence electrons. The molecule has 0 aliphatic heterocycles. The molecule has 9 heteroatoms. The summed E-state index contributed by atoms with van der Waals surface area (Å²) in [6.45, 7) is 0.468. The molecule has 0 bridgehead atoms. The molecular formula is C18H16F2N6O. The quantitative estimate of drug-likeness (QED) is 0.554. The van der Waals surface area contributed by atoms with Crippen molar-refractivity contribution in [3.8, 4) is 0 Å². The number of hydrogen-bond donors (Lipinski definition) is 3. The molecule has 0 atom stereocenters. The maximum Gasteiger partial charge on any atom is 0.257 e. The molecule has 1 amide bonds. The Balaban J connectivity index is 1.46. The fourth-order valence-electron chi connectivity index (χ4n) is 2.25. The van der Waals surface area contributed by atoms with Crippen LogP contribution in [-0.2, 0) is 0 Å². The van der Waals surface area contributed by atoms with Crippen molar-refractivity contribution in [1.29, 1.82) is 0 Å². The lowest BCUT2D eigenvalue weighted by Gasteiger charge is -2.09. The number of halogens is 2. The number of pyridine rings is 1. The number of nitrogens with zero attached hydrogens (tertiary/aromatic N) is 3. The van der Waals surface area contributed by atoms with Gasteiger partial charge in [0.2, 0.25) is 0 Å². The van der Waals surface area contributed by atoms with Gasteiger partial charge in [-0.2, -0.15) is 0 Å². The van der Waals surface area contributed by atoms with Gasteiger partial charge in [-0.3, -0.25) is 9.78 Å². The van der Waals surface area contributed by atoms with Gasteiger partial charge in [-0.25, -0.2) is 8.78 Å². The first kappa shape index (κ1) is 18.2. The Morgan fingerprint density at radius 3 is 2.33 bits per heavy atom. The molecular weight excluding hydrogens is 354 g/mol. The van der Waals surface area contributed by atoms with Crippen LogP contribution >= 0.6 is 0 Å². The third kappa shape index (κ3) is 4.94. The summed E-state index contributed by atoms with van der Waals surface area (Å²) in [6.07, 6.45) is 3.33. The Morgan fingerprint density at radius 1 is 0.926 bits per heavy atom. The van der Waals surface area contributed by atoms with E-state index in [1.807, 2.05) is 6.07 Å². The molecule has 0 fully saturated rings. The molecule has 1 aromatic carbocycles. The summed E-state index contributed by atoms with van der Waals surface area (Å²) < 4.78 is 27.0. The van der Waals surface area contributed by atoms with E-state index in [9.17, 15) is 13.6 Å². The maximum absolute atomic E-state index is 13.5. The van der Waals surface area contributed by atoms with Gasteiger partial charge >= 0.3 is 0 Å². The van der Waals surface area contributed by atoms with Crippen LogP contribution in [0.1, 0.15) is 10.4 Å². The Morgan fingerprint density at radius 2 is 1.67 bits per heavy atom. The van der Waals surface area contributed by atoms with Crippen LogP contribution in [0.3, 0.4) is 0 Å². The highest BCUT2D eigenvalue weighted by Gasteiger charge is 2.16. The topological polar surface area (TPSA) is 91.8 Å². The number of nitrogens with one attached hydrogen (secondary N) is 3. The van der Waals surface area contributed by atoms with Crippen molar-refractivity contribution in [3.63, 3.8) is 0 Å². The molecule has 0 aliphatic carbocycles. The normalized spacial score (nSPS) is 10.3. The van der Waals surface area contributed by atoms with E-state index in [4.69, 9.17) is 0 Å². The molecule has 3 aromatic rings. The van der Waals surface area contributed by atoms with Crippen LogP contribution < -0.4 is 16.0 Å². The number of hydrogen-bond acceptors (Lipinski definition) is 6. The van der Waals surface area contributed by atoms with E-state index in [1.54, 1.807) is 30.6 Å². The minimum atomic E-state index is -0.900. The van der Waals surface area contributed by atoms with E-state index in [-0.39, 0.29) is 6.54 Å². The SMILES string of the molecule is O=C(NCCNc1ccc(Nc2cccnc2)nn1)c1c(F)cccc1F. The second-order valence-corrected chi connectivity index (χ2v) is 5.45. The van der Waals surface area contributed by atoms with Crippen LogP contribution in [0.2, 0.25) is 0 Å². The van der Waals surface area contributed by atoms with Crippen molar-refractivity contribution < 1.29 is 13.6 Å². The van der Waals surface area contributed by atoms with Crippen molar-refractivity contribution in [3.05, 3.63) is 72.1 Å². The summed E-state index contributed by atoms with van der Waals surface area (Å²) in [7, 11) is 0. The summed E-state index contributed by atoms with van der Waals surface area (Å²) in [5.74, 6) is -1.56. The average Bonchev–Trinajstić information content (AvgIpc) is 2.67. The molecule has 0 radical (unpaired) electrons. The first-order valence-electron chi connectivity index (χ1n) is 8.10. The van der Waals surface area contributed by atoms with Crippen molar-refractivity contribution in [2.75, 3.05) is 23.7 Å². The van der Waals surface area contributed by atoms with E-state index >= 15 is 0 Å². The second kappa shape index (κ2) is 8.65. The molecule has 0 spiro atoms. The van der Waals surface area contributed by atoms with Crippen LogP contribution in [0.25, 0.3) is 0 Å². The summed E-state index contributed by atoms with van der Waals surface area (Å²) in [5, 5.41) is 16.5. The van der Waals surface area contributed by atoms with E-state index in [2.05, 4.69) is 31.1 Å². The Kier molecular flexibility index (Phi) is 5.83. The zero-order valence-electron chi connectivity index (χ0n) is 14.1. The number of benzene rings is 1. The maximum atomic E-state index is 13.5. The monoisotopic (exact) mass is 370 g/mol. The van der Waals surface area contributed by atoms with Gasteiger partial charge in [-0.1, -0.05) is 6.07 Å². The van der Waals surface area contributed by atoms with Gasteiger partial charge in [-0.05, 0) is 36.4 Å². The predicted octanol–water partition coefficient (Wildman–Crippen LogP) is 2.74. The minimum absolute atomic E-state index is 0.157. The lowest BCUT2D eigenvalue weighted by Crippen LogP contribution is -2.30. The summed E-state index contributed by atoms with van der Waals surface area (Å²) in [6, 6.07) is 10.4. The lowest BCUT2D eigenvalue weighted by molar-refractivity contribution is 0.0946. The number of carbonyl (C=O) groups is 1. The van der Waals surface area contributed by atoms with Crippen LogP contribution in [0, 0.1) is 11.6 Å². The van der Waals surface area contributed by atoms with E-state index in [0.29, 0.717) is 18.2 Å². The van der Waals surface area contributed by atoms with Gasteiger partial charge in [0, 0.05) is 19.3 Å². The molecule has 2 heterocycles. The second-order valence-electron chi connectivity index (χ2n) is 5.45. The molecule has 0 saturated carbocycles. The predicted molar refractivity (Wildman–Crippen MR) is 96.7 cm³/mol. The molecule has 0 saturated heterocycles. The van der Waals surface area contributed by atoms with Crippen molar-refractivity contribution in [1.82, 2.24) is 20.5 Å². The van der Waals surface area contributed by atoms with Crippen LogP contribution in [0.4, 0.5) is 26.1 Å². The van der Waals surface area contributed by atoms with Gasteiger partial charge in [0.25, 0.3) is 5.91 Å². The Labute approximate surface area is 153 Å². The smallest absolute Gasteiger partial charge is 0.257 e. The minimum Gasteiger partial charge on any atom is -0.367 e. The molecule has 0 aliphatic rings.